The second-order valence-electron chi connectivity index (χ2n) is 11.8. The van der Waals surface area contributed by atoms with Crippen molar-refractivity contribution >= 4 is 17.5 Å². The molecule has 0 spiro atoms. The summed E-state index contributed by atoms with van der Waals surface area (Å²) in [6.07, 6.45) is 1.12. The lowest BCUT2D eigenvalue weighted by Crippen LogP contribution is -2.41. The van der Waals surface area contributed by atoms with Crippen LogP contribution in [0.2, 0.25) is 0 Å². The van der Waals surface area contributed by atoms with Gasteiger partial charge in [-0.05, 0) is 78.3 Å². The highest BCUT2D eigenvalue weighted by Gasteiger charge is 2.30. The van der Waals surface area contributed by atoms with Gasteiger partial charge in [-0.1, -0.05) is 26.0 Å². The maximum absolute atomic E-state index is 13.8. The lowest BCUT2D eigenvalue weighted by atomic mass is 9.95. The Morgan fingerprint density at radius 3 is 2.09 bits per heavy atom. The van der Waals surface area contributed by atoms with Crippen molar-refractivity contribution in [2.45, 2.75) is 58.7 Å². The Morgan fingerprint density at radius 2 is 1.49 bits per heavy atom. The minimum absolute atomic E-state index is 0.0564. The number of hydrogen-bond acceptors (Lipinski definition) is 9. The molecule has 0 saturated heterocycles. The fourth-order valence-electron chi connectivity index (χ4n) is 6.09. The number of rotatable bonds is 12. The minimum atomic E-state index is -0.761. The van der Waals surface area contributed by atoms with Crippen LogP contribution >= 0.6 is 0 Å². The molecule has 2 amide bonds. The van der Waals surface area contributed by atoms with Crippen LogP contribution in [-0.2, 0) is 16.0 Å². The number of ether oxygens (including phenoxy) is 5. The van der Waals surface area contributed by atoms with Crippen molar-refractivity contribution in [3.63, 3.8) is 0 Å². The van der Waals surface area contributed by atoms with Crippen LogP contribution in [0.1, 0.15) is 62.9 Å². The number of nitrogens with one attached hydrogen (secondary N) is 3. The maximum Gasteiger partial charge on any atom is 0.242 e. The molecule has 0 aromatic heterocycles. The summed E-state index contributed by atoms with van der Waals surface area (Å²) >= 11 is 0. The summed E-state index contributed by atoms with van der Waals surface area (Å²) in [4.78, 5) is 39.6. The van der Waals surface area contributed by atoms with Crippen molar-refractivity contribution in [1.82, 2.24) is 10.6 Å². The van der Waals surface area contributed by atoms with E-state index >= 15 is 0 Å². The van der Waals surface area contributed by atoms with E-state index in [0.29, 0.717) is 52.7 Å². The van der Waals surface area contributed by atoms with Crippen molar-refractivity contribution in [3.8, 4) is 39.9 Å². The molecule has 3 atom stereocenters. The molecular formula is C36H45N3O8. The van der Waals surface area contributed by atoms with Crippen LogP contribution in [0.4, 0.5) is 5.69 Å². The van der Waals surface area contributed by atoms with Gasteiger partial charge >= 0.3 is 0 Å². The van der Waals surface area contributed by atoms with Crippen LogP contribution in [0.15, 0.2) is 47.3 Å². The van der Waals surface area contributed by atoms with Crippen LogP contribution in [0.3, 0.4) is 0 Å². The zero-order valence-corrected chi connectivity index (χ0v) is 28.5. The molecule has 3 aromatic carbocycles. The van der Waals surface area contributed by atoms with Gasteiger partial charge in [0.25, 0.3) is 0 Å². The number of anilines is 1. The summed E-state index contributed by atoms with van der Waals surface area (Å²) < 4.78 is 28.0. The molecule has 3 aromatic rings. The first-order valence-electron chi connectivity index (χ1n) is 15.5. The monoisotopic (exact) mass is 647 g/mol. The third-order valence-corrected chi connectivity index (χ3v) is 8.41. The average Bonchev–Trinajstić information content (AvgIpc) is 3.30. The molecule has 1 aliphatic carbocycles. The van der Waals surface area contributed by atoms with Gasteiger partial charge in [0, 0.05) is 12.5 Å². The van der Waals surface area contributed by atoms with E-state index in [4.69, 9.17) is 23.7 Å². The first-order valence-corrected chi connectivity index (χ1v) is 15.5. The van der Waals surface area contributed by atoms with Gasteiger partial charge in [0.15, 0.2) is 23.0 Å². The molecule has 0 fully saturated rings. The number of amides is 2. The first-order chi connectivity index (χ1) is 22.5. The molecule has 11 heteroatoms. The van der Waals surface area contributed by atoms with Gasteiger partial charge in [0.2, 0.25) is 23.0 Å². The smallest absolute Gasteiger partial charge is 0.242 e. The van der Waals surface area contributed by atoms with Crippen molar-refractivity contribution in [3.05, 3.63) is 69.4 Å². The van der Waals surface area contributed by atoms with Gasteiger partial charge in [-0.25, -0.2) is 0 Å². The molecule has 3 N–H and O–H groups in total. The van der Waals surface area contributed by atoms with Crippen molar-refractivity contribution < 1.29 is 33.3 Å². The number of aryl methyl sites for hydroxylation is 1. The molecule has 0 radical (unpaired) electrons. The van der Waals surface area contributed by atoms with Crippen LogP contribution in [0.5, 0.6) is 28.7 Å². The van der Waals surface area contributed by atoms with E-state index in [0.717, 1.165) is 16.7 Å². The molecule has 0 bridgehead atoms. The molecule has 252 valence electrons. The quantitative estimate of drug-likeness (QED) is 0.243. The molecular weight excluding hydrogens is 602 g/mol. The number of hydrogen-bond donors (Lipinski definition) is 3. The summed E-state index contributed by atoms with van der Waals surface area (Å²) in [5.74, 6) is 2.11. The summed E-state index contributed by atoms with van der Waals surface area (Å²) in [7, 11) is 7.78. The third kappa shape index (κ3) is 7.40. The fourth-order valence-corrected chi connectivity index (χ4v) is 6.09. The molecule has 0 aliphatic heterocycles. The van der Waals surface area contributed by atoms with E-state index in [-0.39, 0.29) is 34.9 Å². The van der Waals surface area contributed by atoms with E-state index in [1.165, 1.54) is 20.1 Å². The lowest BCUT2D eigenvalue weighted by Gasteiger charge is -2.26. The average molecular weight is 648 g/mol. The van der Waals surface area contributed by atoms with Crippen LogP contribution < -0.4 is 45.1 Å². The lowest BCUT2D eigenvalue weighted by molar-refractivity contribution is -0.122. The normalized spacial score (nSPS) is 14.8. The van der Waals surface area contributed by atoms with Crippen molar-refractivity contribution in [2.75, 3.05) is 40.9 Å². The first kappa shape index (κ1) is 34.9. The standard InChI is InChI=1S/C36H45N3O8/c1-19(2)33(23-11-15-29(43-5)30(17-23)44-6)39-36(42)20(3)37-27-14-12-24-25(18-28(27)41)26(38-21(4)40)13-10-22-16-31(45-7)34(46-8)35(47-9)32(22)24/h11-12,14-20,26,33H,10,13H2,1-9H3,(H,37,41)(H,38,40)(H,39,42)/t20-,26-,33+/m0/s1. The van der Waals surface area contributed by atoms with Crippen LogP contribution in [0.25, 0.3) is 11.1 Å². The van der Waals surface area contributed by atoms with Crippen LogP contribution in [-0.4, -0.2) is 53.4 Å². The van der Waals surface area contributed by atoms with Gasteiger partial charge < -0.3 is 39.6 Å². The molecule has 0 saturated carbocycles. The van der Waals surface area contributed by atoms with Gasteiger partial charge in [0.1, 0.15) is 6.04 Å². The van der Waals surface area contributed by atoms with Gasteiger partial charge in [-0.15, -0.1) is 0 Å². The molecule has 0 unspecified atom stereocenters. The zero-order chi connectivity index (χ0) is 34.4. The van der Waals surface area contributed by atoms with Gasteiger partial charge in [0.05, 0.1) is 53.3 Å². The zero-order valence-electron chi connectivity index (χ0n) is 28.5. The number of fused-ring (bicyclic) bond motifs is 3. The van der Waals surface area contributed by atoms with E-state index in [1.807, 2.05) is 44.2 Å². The Morgan fingerprint density at radius 1 is 0.809 bits per heavy atom. The molecule has 1 aliphatic rings. The minimum Gasteiger partial charge on any atom is -0.493 e. The fraction of sp³-hybridized carbons (Fsp3) is 0.417. The second kappa shape index (κ2) is 15.1. The highest BCUT2D eigenvalue weighted by atomic mass is 16.5. The maximum atomic E-state index is 13.8. The topological polar surface area (TPSA) is 133 Å². The summed E-state index contributed by atoms with van der Waals surface area (Å²) in [5, 5.41) is 9.25. The third-order valence-electron chi connectivity index (χ3n) is 8.41. The van der Waals surface area contributed by atoms with Crippen LogP contribution in [0, 0.1) is 5.92 Å². The molecule has 11 nitrogen and oxygen atoms in total. The highest BCUT2D eigenvalue weighted by molar-refractivity contribution is 5.86. The van der Waals surface area contributed by atoms with Gasteiger partial charge in [-0.3, -0.25) is 14.4 Å². The largest absolute Gasteiger partial charge is 0.493 e. The summed E-state index contributed by atoms with van der Waals surface area (Å²) in [6, 6.07) is 10.9. The number of carbonyl (C=O) groups is 2. The Bertz CT molecular complexity index is 1690. The van der Waals surface area contributed by atoms with E-state index in [1.54, 1.807) is 41.4 Å². The number of benzene rings is 2. The summed E-state index contributed by atoms with van der Waals surface area (Å²) in [5.41, 5.74) is 3.76. The highest BCUT2D eigenvalue weighted by Crippen LogP contribution is 2.50. The predicted octanol–water partition coefficient (Wildman–Crippen LogP) is 5.19. The van der Waals surface area contributed by atoms with Crippen molar-refractivity contribution in [1.29, 1.82) is 0 Å². The predicted molar refractivity (Wildman–Crippen MR) is 181 cm³/mol. The SMILES string of the molecule is COc1ccc([C@H](NC(=O)[C@H](C)Nc2ccc3c(cc2=O)[C@@H](NC(C)=O)CCc2cc(OC)c(OC)c(OC)c2-3)C(C)C)cc1OC. The van der Waals surface area contributed by atoms with E-state index < -0.39 is 12.1 Å². The molecule has 4 rings (SSSR count). The Hall–Kier alpha value is -4.93. The Balaban J connectivity index is 1.73. The number of methoxy groups -OCH3 is 5. The van der Waals surface area contributed by atoms with Gasteiger partial charge in [-0.2, -0.15) is 0 Å². The molecule has 0 heterocycles. The van der Waals surface area contributed by atoms with Crippen molar-refractivity contribution in [2.24, 2.45) is 5.92 Å². The van der Waals surface area contributed by atoms with E-state index in [9.17, 15) is 14.4 Å². The van der Waals surface area contributed by atoms with E-state index in [2.05, 4.69) is 16.0 Å². The second-order valence-corrected chi connectivity index (χ2v) is 11.8. The Labute approximate surface area is 275 Å². The molecule has 47 heavy (non-hydrogen) atoms. The number of carbonyl (C=O) groups excluding carboxylic acids is 2. The summed E-state index contributed by atoms with van der Waals surface area (Å²) in [6.45, 7) is 7.18. The Kier molecular flexibility index (Phi) is 11.2.